The van der Waals surface area contributed by atoms with Crippen LogP contribution < -0.4 is 10.1 Å². The van der Waals surface area contributed by atoms with Crippen LogP contribution in [0.2, 0.25) is 0 Å². The number of amides is 1. The van der Waals surface area contributed by atoms with Crippen molar-refractivity contribution in [2.75, 3.05) is 5.32 Å². The molecule has 1 atom stereocenters. The molecule has 0 aliphatic carbocycles. The number of nitriles is 1. The number of carbonyl (C=O) groups excluding carboxylic acids is 1. The van der Waals surface area contributed by atoms with Crippen LogP contribution >= 0.6 is 0 Å². The van der Waals surface area contributed by atoms with Gasteiger partial charge in [0.2, 0.25) is 5.91 Å². The summed E-state index contributed by atoms with van der Waals surface area (Å²) in [5.74, 6) is -0.163. The Kier molecular flexibility index (Phi) is 7.78. The van der Waals surface area contributed by atoms with Gasteiger partial charge in [-0.3, -0.25) is 4.79 Å². The van der Waals surface area contributed by atoms with Crippen LogP contribution in [0.25, 0.3) is 0 Å². The third-order valence-electron chi connectivity index (χ3n) is 5.08. The zero-order chi connectivity index (χ0) is 22.1. The molecule has 4 nitrogen and oxygen atoms in total. The van der Waals surface area contributed by atoms with Crippen molar-refractivity contribution in [2.24, 2.45) is 0 Å². The number of carbonyl (C=O) groups is 1. The van der Waals surface area contributed by atoms with Gasteiger partial charge >= 0.3 is 0 Å². The predicted molar refractivity (Wildman–Crippen MR) is 119 cm³/mol. The summed E-state index contributed by atoms with van der Waals surface area (Å²) in [7, 11) is 0. The summed E-state index contributed by atoms with van der Waals surface area (Å²) in [6.45, 7) is 2.17. The van der Waals surface area contributed by atoms with Crippen LogP contribution in [0, 0.1) is 17.1 Å². The number of hydrogen-bond acceptors (Lipinski definition) is 3. The molecular formula is C26H25FN2O2. The van der Waals surface area contributed by atoms with Crippen LogP contribution in [0.5, 0.6) is 5.75 Å². The highest BCUT2D eigenvalue weighted by atomic mass is 19.1. The minimum atomic E-state index is -0.434. The first-order valence-corrected chi connectivity index (χ1v) is 10.3. The molecule has 1 unspecified atom stereocenters. The number of ether oxygens (including phenoxy) is 1. The van der Waals surface area contributed by atoms with Crippen molar-refractivity contribution in [3.05, 3.63) is 95.3 Å². The number of aryl methyl sites for hydroxylation is 1. The molecule has 0 saturated carbocycles. The van der Waals surface area contributed by atoms with Crippen molar-refractivity contribution in [3.8, 4) is 11.8 Å². The Morgan fingerprint density at radius 1 is 1.10 bits per heavy atom. The van der Waals surface area contributed by atoms with E-state index in [9.17, 15) is 9.18 Å². The Hall–Kier alpha value is -3.65. The zero-order valence-corrected chi connectivity index (χ0v) is 17.5. The quantitative estimate of drug-likeness (QED) is 0.436. The summed E-state index contributed by atoms with van der Waals surface area (Å²) < 4.78 is 19.0. The van der Waals surface area contributed by atoms with Crippen LogP contribution in [-0.2, 0) is 17.8 Å². The lowest BCUT2D eigenvalue weighted by atomic mass is 9.99. The van der Waals surface area contributed by atoms with Crippen LogP contribution in [0.3, 0.4) is 0 Å². The van der Waals surface area contributed by atoms with Crippen LogP contribution in [-0.4, -0.2) is 5.91 Å². The molecule has 0 heterocycles. The standard InChI is InChI=1S/C26H25FN2O2/c1-19(21-12-14-23(27)15-13-21)26(30)29-25-17-20(10-11-22(25)7-5-6-16-28)18-31-24-8-3-2-4-9-24/h2-4,8-15,17,19H,5-7,18H2,1H3,(H,29,30). The molecular weight excluding hydrogens is 391 g/mol. The lowest BCUT2D eigenvalue weighted by Gasteiger charge is -2.17. The predicted octanol–water partition coefficient (Wildman–Crippen LogP) is 5.99. The van der Waals surface area contributed by atoms with E-state index in [-0.39, 0.29) is 11.7 Å². The van der Waals surface area contributed by atoms with Crippen molar-refractivity contribution in [1.29, 1.82) is 5.26 Å². The molecule has 3 aromatic rings. The van der Waals surface area contributed by atoms with E-state index in [4.69, 9.17) is 10.00 Å². The minimum absolute atomic E-state index is 0.172. The molecule has 1 N–H and O–H groups in total. The van der Waals surface area contributed by atoms with Gasteiger partial charge in [-0.1, -0.05) is 42.5 Å². The van der Waals surface area contributed by atoms with Crippen molar-refractivity contribution >= 4 is 11.6 Å². The first-order chi connectivity index (χ1) is 15.1. The maximum absolute atomic E-state index is 13.2. The number of anilines is 1. The monoisotopic (exact) mass is 416 g/mol. The fourth-order valence-electron chi connectivity index (χ4n) is 3.23. The largest absolute Gasteiger partial charge is 0.489 e. The van der Waals surface area contributed by atoms with Gasteiger partial charge in [0, 0.05) is 12.1 Å². The highest BCUT2D eigenvalue weighted by Gasteiger charge is 2.17. The molecule has 5 heteroatoms. The summed E-state index contributed by atoms with van der Waals surface area (Å²) in [6, 6.07) is 23.5. The Morgan fingerprint density at radius 3 is 2.55 bits per heavy atom. The van der Waals surface area contributed by atoms with E-state index in [1.165, 1.54) is 12.1 Å². The number of para-hydroxylation sites is 1. The molecule has 0 radical (unpaired) electrons. The first kappa shape index (κ1) is 22.0. The summed E-state index contributed by atoms with van der Waals surface area (Å²) in [4.78, 5) is 12.9. The molecule has 1 amide bonds. The van der Waals surface area contributed by atoms with Crippen LogP contribution in [0.15, 0.2) is 72.8 Å². The van der Waals surface area contributed by atoms with Crippen molar-refractivity contribution in [1.82, 2.24) is 0 Å². The summed E-state index contributed by atoms with van der Waals surface area (Å²) >= 11 is 0. The van der Waals surface area contributed by atoms with Crippen molar-refractivity contribution < 1.29 is 13.9 Å². The molecule has 0 aliphatic rings. The molecule has 0 saturated heterocycles. The van der Waals surface area contributed by atoms with Gasteiger partial charge in [-0.15, -0.1) is 0 Å². The number of unbranched alkanes of at least 4 members (excludes halogenated alkanes) is 1. The zero-order valence-electron chi connectivity index (χ0n) is 17.5. The van der Waals surface area contributed by atoms with Crippen molar-refractivity contribution in [2.45, 2.75) is 38.7 Å². The van der Waals surface area contributed by atoms with Gasteiger partial charge in [-0.05, 0) is 66.8 Å². The SMILES string of the molecule is CC(C(=O)Nc1cc(COc2ccccc2)ccc1CCCC#N)c1ccc(F)cc1. The lowest BCUT2D eigenvalue weighted by Crippen LogP contribution is -2.20. The van der Waals surface area contributed by atoms with E-state index in [0.717, 1.165) is 22.4 Å². The average molecular weight is 416 g/mol. The normalized spacial score (nSPS) is 11.4. The second-order valence-electron chi connectivity index (χ2n) is 7.37. The fourth-order valence-corrected chi connectivity index (χ4v) is 3.23. The smallest absolute Gasteiger partial charge is 0.231 e. The maximum atomic E-state index is 13.2. The van der Waals surface area contributed by atoms with Gasteiger partial charge in [0.15, 0.2) is 0 Å². The number of nitrogens with zero attached hydrogens (tertiary/aromatic N) is 1. The van der Waals surface area contributed by atoms with E-state index < -0.39 is 5.92 Å². The molecule has 0 aliphatic heterocycles. The topological polar surface area (TPSA) is 62.1 Å². The van der Waals surface area contributed by atoms with Gasteiger partial charge in [0.05, 0.1) is 12.0 Å². The van der Waals surface area contributed by atoms with E-state index in [1.807, 2.05) is 48.5 Å². The minimum Gasteiger partial charge on any atom is -0.489 e. The first-order valence-electron chi connectivity index (χ1n) is 10.3. The Morgan fingerprint density at radius 2 is 1.84 bits per heavy atom. The lowest BCUT2D eigenvalue weighted by molar-refractivity contribution is -0.117. The number of hydrogen-bond donors (Lipinski definition) is 1. The fraction of sp³-hybridized carbons (Fsp3) is 0.231. The summed E-state index contributed by atoms with van der Waals surface area (Å²) in [5.41, 5.74) is 3.36. The van der Waals surface area contributed by atoms with Gasteiger partial charge in [0.25, 0.3) is 0 Å². The van der Waals surface area contributed by atoms with Crippen LogP contribution in [0.4, 0.5) is 10.1 Å². The average Bonchev–Trinajstić information content (AvgIpc) is 2.79. The Labute approximate surface area is 182 Å². The van der Waals surface area contributed by atoms with Gasteiger partial charge in [-0.25, -0.2) is 4.39 Å². The second-order valence-corrected chi connectivity index (χ2v) is 7.37. The third-order valence-corrected chi connectivity index (χ3v) is 5.08. The molecule has 0 spiro atoms. The highest BCUT2D eigenvalue weighted by molar-refractivity contribution is 5.96. The van der Waals surface area contributed by atoms with Crippen molar-refractivity contribution in [3.63, 3.8) is 0 Å². The summed E-state index contributed by atoms with van der Waals surface area (Å²) in [6.07, 6.45) is 1.86. The second kappa shape index (κ2) is 10.9. The highest BCUT2D eigenvalue weighted by Crippen LogP contribution is 2.24. The molecule has 0 fully saturated rings. The van der Waals surface area contributed by atoms with Gasteiger partial charge < -0.3 is 10.1 Å². The molecule has 31 heavy (non-hydrogen) atoms. The third kappa shape index (κ3) is 6.42. The number of benzene rings is 3. The van der Waals surface area contributed by atoms with Gasteiger partial charge in [-0.2, -0.15) is 5.26 Å². The van der Waals surface area contributed by atoms with E-state index in [0.29, 0.717) is 31.6 Å². The molecule has 3 rings (SSSR count). The van der Waals surface area contributed by atoms with E-state index in [1.54, 1.807) is 19.1 Å². The number of rotatable bonds is 9. The molecule has 0 aromatic heterocycles. The van der Waals surface area contributed by atoms with E-state index >= 15 is 0 Å². The maximum Gasteiger partial charge on any atom is 0.231 e. The molecule has 0 bridgehead atoms. The molecule has 3 aromatic carbocycles. The summed E-state index contributed by atoms with van der Waals surface area (Å²) in [5, 5.41) is 11.9. The Balaban J connectivity index is 1.76. The Bertz CT molecular complexity index is 1040. The van der Waals surface area contributed by atoms with Crippen LogP contribution in [0.1, 0.15) is 42.4 Å². The van der Waals surface area contributed by atoms with E-state index in [2.05, 4.69) is 11.4 Å². The number of nitrogens with one attached hydrogen (secondary N) is 1. The number of halogens is 1. The molecule has 158 valence electrons. The van der Waals surface area contributed by atoms with Gasteiger partial charge in [0.1, 0.15) is 18.2 Å².